The van der Waals surface area contributed by atoms with Crippen molar-refractivity contribution in [2.75, 3.05) is 26.4 Å². The molecule has 2 heterocycles. The molecule has 8 nitrogen and oxygen atoms in total. The van der Waals surface area contributed by atoms with Gasteiger partial charge < -0.3 is 28.4 Å². The molecular formula is C22H30O8. The van der Waals surface area contributed by atoms with Crippen LogP contribution >= 0.6 is 0 Å². The van der Waals surface area contributed by atoms with Crippen molar-refractivity contribution in [1.29, 1.82) is 0 Å². The molecule has 0 aliphatic carbocycles. The van der Waals surface area contributed by atoms with Crippen LogP contribution in [0.5, 0.6) is 0 Å². The summed E-state index contributed by atoms with van der Waals surface area (Å²) in [4.78, 5) is 24.7. The molecule has 0 radical (unpaired) electrons. The Balaban J connectivity index is 1.46. The summed E-state index contributed by atoms with van der Waals surface area (Å²) in [5.41, 5.74) is 0.670. The van der Waals surface area contributed by atoms with Gasteiger partial charge in [0.05, 0.1) is 37.6 Å². The summed E-state index contributed by atoms with van der Waals surface area (Å²) in [5, 5.41) is 0. The largest absolute Gasteiger partial charge is 0.454 e. The molecule has 0 spiro atoms. The number of carbonyl (C=O) groups excluding carboxylic acids is 2. The highest BCUT2D eigenvalue weighted by Gasteiger charge is 2.28. The van der Waals surface area contributed by atoms with Crippen molar-refractivity contribution in [1.82, 2.24) is 0 Å². The van der Waals surface area contributed by atoms with E-state index in [1.54, 1.807) is 0 Å². The molecule has 2 saturated heterocycles. The van der Waals surface area contributed by atoms with Gasteiger partial charge in [0.2, 0.25) is 0 Å². The van der Waals surface area contributed by atoms with E-state index in [-0.39, 0.29) is 24.4 Å². The van der Waals surface area contributed by atoms with Crippen molar-refractivity contribution in [2.24, 2.45) is 11.8 Å². The second-order valence-electron chi connectivity index (χ2n) is 8.19. The predicted molar refractivity (Wildman–Crippen MR) is 106 cm³/mol. The summed E-state index contributed by atoms with van der Waals surface area (Å²) < 4.78 is 33.0. The second kappa shape index (κ2) is 10.3. The number of esters is 2. The third-order valence-electron chi connectivity index (χ3n) is 4.78. The first-order valence-corrected chi connectivity index (χ1v) is 10.3. The van der Waals surface area contributed by atoms with Crippen molar-refractivity contribution in [3.63, 3.8) is 0 Å². The number of ether oxygens (including phenoxy) is 6. The van der Waals surface area contributed by atoms with E-state index in [0.717, 1.165) is 0 Å². The molecule has 0 atom stereocenters. The molecule has 166 valence electrons. The molecule has 0 unspecified atom stereocenters. The number of carbonyl (C=O) groups is 2. The van der Waals surface area contributed by atoms with E-state index in [0.29, 0.717) is 37.6 Å². The Morgan fingerprint density at radius 1 is 0.700 bits per heavy atom. The molecular weight excluding hydrogens is 392 g/mol. The molecule has 1 aromatic rings. The smallest absolute Gasteiger partial charge is 0.338 e. The molecule has 30 heavy (non-hydrogen) atoms. The fourth-order valence-corrected chi connectivity index (χ4v) is 3.09. The van der Waals surface area contributed by atoms with Crippen molar-refractivity contribution in [3.8, 4) is 0 Å². The highest BCUT2D eigenvalue weighted by molar-refractivity contribution is 5.93. The van der Waals surface area contributed by atoms with Gasteiger partial charge in [0.25, 0.3) is 0 Å². The van der Waals surface area contributed by atoms with Gasteiger partial charge in [-0.1, -0.05) is 27.7 Å². The lowest BCUT2D eigenvalue weighted by Crippen LogP contribution is -2.40. The highest BCUT2D eigenvalue weighted by atomic mass is 16.7. The number of hydrogen-bond donors (Lipinski definition) is 0. The third-order valence-corrected chi connectivity index (χ3v) is 4.78. The number of benzene rings is 1. The van der Waals surface area contributed by atoms with Crippen molar-refractivity contribution in [2.45, 2.75) is 52.5 Å². The zero-order valence-corrected chi connectivity index (χ0v) is 17.9. The first kappa shape index (κ1) is 22.7. The lowest BCUT2D eigenvalue weighted by atomic mass is 10.1. The van der Waals surface area contributed by atoms with Crippen molar-refractivity contribution >= 4 is 11.9 Å². The molecule has 0 aromatic heterocycles. The monoisotopic (exact) mass is 422 g/mol. The molecule has 0 bridgehead atoms. The Hall–Kier alpha value is -2.00. The van der Waals surface area contributed by atoms with Crippen LogP contribution in [0.4, 0.5) is 0 Å². The maximum absolute atomic E-state index is 12.3. The van der Waals surface area contributed by atoms with Crippen LogP contribution in [0.25, 0.3) is 0 Å². The quantitative estimate of drug-likeness (QED) is 0.647. The lowest BCUT2D eigenvalue weighted by Gasteiger charge is -2.31. The normalized spacial score (nSPS) is 27.1. The summed E-state index contributed by atoms with van der Waals surface area (Å²) in [6.45, 7) is 9.18. The lowest BCUT2D eigenvalue weighted by molar-refractivity contribution is -0.232. The molecule has 0 saturated carbocycles. The Bertz CT molecular complexity index is 637. The van der Waals surface area contributed by atoms with Gasteiger partial charge in [0.1, 0.15) is 12.2 Å². The van der Waals surface area contributed by atoms with Crippen LogP contribution < -0.4 is 0 Å². The summed E-state index contributed by atoms with van der Waals surface area (Å²) in [5.74, 6) is -0.525. The minimum Gasteiger partial charge on any atom is -0.454 e. The van der Waals surface area contributed by atoms with Crippen LogP contribution in [0, 0.1) is 11.8 Å². The zero-order valence-electron chi connectivity index (χ0n) is 17.9. The Kier molecular flexibility index (Phi) is 7.82. The fraction of sp³-hybridized carbons (Fsp3) is 0.636. The van der Waals surface area contributed by atoms with E-state index in [2.05, 4.69) is 0 Å². The van der Waals surface area contributed by atoms with Crippen LogP contribution in [0.2, 0.25) is 0 Å². The van der Waals surface area contributed by atoms with Crippen LogP contribution in [0.3, 0.4) is 0 Å². The molecule has 1 aromatic carbocycles. The summed E-state index contributed by atoms with van der Waals surface area (Å²) in [6.07, 6.45) is -1.47. The Morgan fingerprint density at radius 3 is 1.27 bits per heavy atom. The average Bonchev–Trinajstić information content (AvgIpc) is 2.74. The average molecular weight is 422 g/mol. The fourth-order valence-electron chi connectivity index (χ4n) is 3.09. The maximum atomic E-state index is 12.3. The maximum Gasteiger partial charge on any atom is 0.338 e. The Morgan fingerprint density at radius 2 is 1.00 bits per heavy atom. The number of rotatable bonds is 6. The second-order valence-corrected chi connectivity index (χ2v) is 8.19. The van der Waals surface area contributed by atoms with Crippen molar-refractivity contribution < 1.29 is 38.0 Å². The standard InChI is InChI=1S/C22H30O8/c1-13(2)21-25-9-17(10-26-21)29-19(23)15-5-7-16(8-6-15)20(24)30-18-11-27-22(14(3)4)28-12-18/h5-8,13-14,17-18,21-22H,9-12H2,1-4H3. The van der Waals surface area contributed by atoms with Crippen LogP contribution in [0.1, 0.15) is 48.4 Å². The summed E-state index contributed by atoms with van der Waals surface area (Å²) in [7, 11) is 0. The van der Waals surface area contributed by atoms with Gasteiger partial charge in [-0.25, -0.2) is 9.59 Å². The van der Waals surface area contributed by atoms with Crippen LogP contribution in [0.15, 0.2) is 24.3 Å². The van der Waals surface area contributed by atoms with E-state index >= 15 is 0 Å². The van der Waals surface area contributed by atoms with Gasteiger partial charge in [-0.3, -0.25) is 0 Å². The van der Waals surface area contributed by atoms with Gasteiger partial charge in [-0.05, 0) is 24.3 Å². The van der Waals surface area contributed by atoms with E-state index in [1.165, 1.54) is 24.3 Å². The van der Waals surface area contributed by atoms with E-state index in [9.17, 15) is 9.59 Å². The highest BCUT2D eigenvalue weighted by Crippen LogP contribution is 2.18. The Labute approximate surface area is 176 Å². The van der Waals surface area contributed by atoms with Crippen LogP contribution in [-0.4, -0.2) is 63.2 Å². The minimum absolute atomic E-state index is 0.234. The topological polar surface area (TPSA) is 89.5 Å². The molecule has 2 aliphatic heterocycles. The summed E-state index contributed by atoms with van der Waals surface area (Å²) >= 11 is 0. The molecule has 8 heteroatoms. The predicted octanol–water partition coefficient (Wildman–Crippen LogP) is 2.80. The van der Waals surface area contributed by atoms with E-state index in [4.69, 9.17) is 28.4 Å². The van der Waals surface area contributed by atoms with Gasteiger partial charge in [0, 0.05) is 11.8 Å². The molecule has 0 N–H and O–H groups in total. The molecule has 0 amide bonds. The first-order valence-electron chi connectivity index (χ1n) is 10.3. The van der Waals surface area contributed by atoms with E-state index in [1.807, 2.05) is 27.7 Å². The van der Waals surface area contributed by atoms with Gasteiger partial charge in [-0.15, -0.1) is 0 Å². The SMILES string of the molecule is CC(C)C1OCC(OC(=O)c2ccc(C(=O)OC3COC(C(C)C)OC3)cc2)CO1. The van der Waals surface area contributed by atoms with E-state index < -0.39 is 24.1 Å². The molecule has 3 rings (SSSR count). The first-order chi connectivity index (χ1) is 14.3. The molecule has 2 fully saturated rings. The summed E-state index contributed by atoms with van der Waals surface area (Å²) in [6, 6.07) is 6.12. The van der Waals surface area contributed by atoms with Gasteiger partial charge >= 0.3 is 11.9 Å². The third kappa shape index (κ3) is 6.01. The van der Waals surface area contributed by atoms with Crippen LogP contribution in [-0.2, 0) is 28.4 Å². The van der Waals surface area contributed by atoms with Crippen molar-refractivity contribution in [3.05, 3.63) is 35.4 Å². The molecule has 2 aliphatic rings. The number of hydrogen-bond acceptors (Lipinski definition) is 8. The zero-order chi connectivity index (χ0) is 21.7. The van der Waals surface area contributed by atoms with Gasteiger partial charge in [-0.2, -0.15) is 0 Å². The minimum atomic E-state index is -0.496. The van der Waals surface area contributed by atoms with Gasteiger partial charge in [0.15, 0.2) is 12.6 Å².